The lowest BCUT2D eigenvalue weighted by Crippen LogP contribution is -2.32. The van der Waals surface area contributed by atoms with E-state index in [1.165, 1.54) is 6.07 Å². The summed E-state index contributed by atoms with van der Waals surface area (Å²) < 4.78 is 52.8. The second kappa shape index (κ2) is 11.5. The van der Waals surface area contributed by atoms with Gasteiger partial charge in [-0.15, -0.1) is 0 Å². The summed E-state index contributed by atoms with van der Waals surface area (Å²) in [7, 11) is -5.05. The van der Waals surface area contributed by atoms with Crippen LogP contribution in [0.5, 0.6) is 5.75 Å². The first kappa shape index (κ1) is 24.5. The van der Waals surface area contributed by atoms with Crippen molar-refractivity contribution in [2.24, 2.45) is 11.8 Å². The summed E-state index contributed by atoms with van der Waals surface area (Å²) >= 11 is 0. The number of carbonyl (C=O) groups excluding carboxylic acids is 1. The van der Waals surface area contributed by atoms with Gasteiger partial charge in [0.25, 0.3) is 0 Å². The summed E-state index contributed by atoms with van der Waals surface area (Å²) in [4.78, 5) is 12.2. The first-order valence-corrected chi connectivity index (χ1v) is 11.7. The van der Waals surface area contributed by atoms with Gasteiger partial charge in [0.1, 0.15) is 23.2 Å². The van der Waals surface area contributed by atoms with E-state index >= 15 is 0 Å². The van der Waals surface area contributed by atoms with E-state index in [1.807, 2.05) is 20.8 Å². The lowest BCUT2D eigenvalue weighted by atomic mass is 9.94. The molecule has 0 aliphatic carbocycles. The molecule has 0 bridgehead atoms. The molecule has 7 nitrogen and oxygen atoms in total. The Labute approximate surface area is 169 Å². The molecule has 0 saturated carbocycles. The third kappa shape index (κ3) is 7.15. The molecule has 28 heavy (non-hydrogen) atoms. The van der Waals surface area contributed by atoms with Crippen LogP contribution in [0.2, 0.25) is 0 Å². The van der Waals surface area contributed by atoms with Crippen LogP contribution in [-0.2, 0) is 28.4 Å². The Hall–Kier alpha value is -1.50. The maximum absolute atomic E-state index is 12.7. The predicted molar refractivity (Wildman–Crippen MR) is 108 cm³/mol. The molecule has 1 aromatic carbocycles. The summed E-state index contributed by atoms with van der Waals surface area (Å²) in [5.74, 6) is -0.842. The van der Waals surface area contributed by atoms with Crippen LogP contribution in [-0.4, -0.2) is 39.9 Å². The van der Waals surface area contributed by atoms with Gasteiger partial charge in [-0.05, 0) is 50.8 Å². The van der Waals surface area contributed by atoms with E-state index in [-0.39, 0.29) is 29.8 Å². The standard InChI is InChI=1S/C19H29O7PS/c1-6-24-16-11-14(5)8-9-18(16)28(22,23)26-12-17(27-21)15(10-13(3)4)19(20)25-7-2/h8-9,11,13,15,17H,6-7,10,12H2,1-5H3/p+1. The molecule has 9 heteroatoms. The maximum Gasteiger partial charge on any atom is 0.331 e. The van der Waals surface area contributed by atoms with Crippen molar-refractivity contribution in [2.75, 3.05) is 19.8 Å². The molecule has 0 saturated heterocycles. The smallest absolute Gasteiger partial charge is 0.331 e. The lowest BCUT2D eigenvalue weighted by Gasteiger charge is -2.19. The minimum absolute atomic E-state index is 0.0931. The van der Waals surface area contributed by atoms with E-state index < -0.39 is 36.1 Å². The van der Waals surface area contributed by atoms with Crippen molar-refractivity contribution in [3.05, 3.63) is 23.8 Å². The van der Waals surface area contributed by atoms with E-state index in [9.17, 15) is 17.8 Å². The molecule has 0 fully saturated rings. The monoisotopic (exact) mass is 433 g/mol. The third-order valence-corrected chi connectivity index (χ3v) is 6.22. The Morgan fingerprint density at radius 3 is 2.39 bits per heavy atom. The quantitative estimate of drug-likeness (QED) is 0.282. The van der Waals surface area contributed by atoms with Crippen LogP contribution in [0.4, 0.5) is 0 Å². The van der Waals surface area contributed by atoms with Crippen molar-refractivity contribution in [3.63, 3.8) is 0 Å². The molecule has 0 radical (unpaired) electrons. The van der Waals surface area contributed by atoms with Gasteiger partial charge >= 0.3 is 24.5 Å². The number of hydrogen-bond donors (Lipinski definition) is 0. The third-order valence-electron chi connectivity index (χ3n) is 4.02. The number of carbonyl (C=O) groups is 1. The molecule has 3 atom stereocenters. The van der Waals surface area contributed by atoms with Gasteiger partial charge in [0, 0.05) is 0 Å². The van der Waals surface area contributed by atoms with Gasteiger partial charge in [0.2, 0.25) is 0 Å². The zero-order valence-corrected chi connectivity index (χ0v) is 18.9. The van der Waals surface area contributed by atoms with Crippen LogP contribution in [0.1, 0.15) is 39.7 Å². The second-order valence-corrected chi connectivity index (χ2v) is 9.40. The Morgan fingerprint density at radius 2 is 1.86 bits per heavy atom. The highest BCUT2D eigenvalue weighted by Crippen LogP contribution is 2.30. The molecule has 1 rings (SSSR count). The van der Waals surface area contributed by atoms with Crippen molar-refractivity contribution >= 4 is 24.5 Å². The summed E-state index contributed by atoms with van der Waals surface area (Å²) in [5, 5.41) is 0. The van der Waals surface area contributed by atoms with Crippen molar-refractivity contribution in [1.29, 1.82) is 0 Å². The van der Waals surface area contributed by atoms with Gasteiger partial charge in [0.15, 0.2) is 5.66 Å². The van der Waals surface area contributed by atoms with Gasteiger partial charge in [-0.1, -0.05) is 24.5 Å². The average molecular weight is 433 g/mol. The number of rotatable bonds is 12. The Morgan fingerprint density at radius 1 is 1.18 bits per heavy atom. The summed E-state index contributed by atoms with van der Waals surface area (Å²) in [6.07, 6.45) is 0.427. The number of hydrogen-bond acceptors (Lipinski definition) is 7. The zero-order valence-electron chi connectivity index (χ0n) is 17.1. The average Bonchev–Trinajstić information content (AvgIpc) is 2.61. The molecule has 158 valence electrons. The first-order chi connectivity index (χ1) is 13.2. The molecule has 3 unspecified atom stereocenters. The number of aryl methyl sites for hydroxylation is 1. The fraction of sp³-hybridized carbons (Fsp3) is 0.632. The molecule has 0 aliphatic rings. The molecule has 0 amide bonds. The summed E-state index contributed by atoms with van der Waals surface area (Å²) in [6, 6.07) is 4.68. The van der Waals surface area contributed by atoms with Gasteiger partial charge in [-0.3, -0.25) is 8.98 Å². The molecule has 1 aromatic rings. The van der Waals surface area contributed by atoms with Crippen LogP contribution in [0.3, 0.4) is 0 Å². The van der Waals surface area contributed by atoms with Gasteiger partial charge in [-0.25, -0.2) is 0 Å². The van der Waals surface area contributed by atoms with Crippen LogP contribution in [0.15, 0.2) is 23.1 Å². The van der Waals surface area contributed by atoms with Crippen LogP contribution >= 0.6 is 8.46 Å². The highest BCUT2D eigenvalue weighted by Gasteiger charge is 2.38. The van der Waals surface area contributed by atoms with E-state index in [0.29, 0.717) is 13.0 Å². The SMILES string of the molecule is CCOC(=O)C(CC(C)C)C(COS(=O)(=O)c1ccc(C)cc1OCC)[PH+]=O. The first-order valence-electron chi connectivity index (χ1n) is 9.33. The number of benzene rings is 1. The van der Waals surface area contributed by atoms with Crippen molar-refractivity contribution in [2.45, 2.75) is 51.6 Å². The van der Waals surface area contributed by atoms with Crippen molar-refractivity contribution < 1.29 is 31.4 Å². The molecule has 0 spiro atoms. The zero-order chi connectivity index (χ0) is 21.3. The normalized spacial score (nSPS) is 14.1. The Kier molecular flexibility index (Phi) is 10.1. The van der Waals surface area contributed by atoms with Crippen LogP contribution in [0.25, 0.3) is 0 Å². The van der Waals surface area contributed by atoms with E-state index in [1.54, 1.807) is 26.0 Å². The highest BCUT2D eigenvalue weighted by atomic mass is 32.2. The topological polar surface area (TPSA) is 96.0 Å². The molecular formula is C19H30O7PS+. The van der Waals surface area contributed by atoms with Crippen molar-refractivity contribution in [1.82, 2.24) is 0 Å². The fourth-order valence-corrected chi connectivity index (χ4v) is 4.49. The van der Waals surface area contributed by atoms with Gasteiger partial charge in [-0.2, -0.15) is 8.42 Å². The molecule has 0 aliphatic heterocycles. The molecular weight excluding hydrogens is 403 g/mol. The summed E-state index contributed by atoms with van der Waals surface area (Å²) in [5.41, 5.74) is 0.0674. The second-order valence-electron chi connectivity index (χ2n) is 6.83. The number of esters is 1. The van der Waals surface area contributed by atoms with Gasteiger partial charge in [0.05, 0.1) is 13.2 Å². The van der Waals surface area contributed by atoms with Crippen molar-refractivity contribution in [3.8, 4) is 5.75 Å². The van der Waals surface area contributed by atoms with E-state index in [2.05, 4.69) is 0 Å². The predicted octanol–water partition coefficient (Wildman–Crippen LogP) is 3.72. The highest BCUT2D eigenvalue weighted by molar-refractivity contribution is 7.86. The lowest BCUT2D eigenvalue weighted by molar-refractivity contribution is -0.148. The maximum atomic E-state index is 12.7. The van der Waals surface area contributed by atoms with Gasteiger partial charge < -0.3 is 9.47 Å². The molecule has 0 heterocycles. The van der Waals surface area contributed by atoms with Crippen LogP contribution < -0.4 is 4.74 Å². The van der Waals surface area contributed by atoms with E-state index in [4.69, 9.17) is 13.7 Å². The summed E-state index contributed by atoms with van der Waals surface area (Å²) in [6.45, 7) is 9.24. The van der Waals surface area contributed by atoms with E-state index in [0.717, 1.165) is 5.56 Å². The molecule has 0 N–H and O–H groups in total. The Bertz CT molecular complexity index is 762. The fourth-order valence-electron chi connectivity index (χ4n) is 2.73. The van der Waals surface area contributed by atoms with Crippen LogP contribution in [0, 0.1) is 18.8 Å². The molecule has 0 aromatic heterocycles. The minimum Gasteiger partial charge on any atom is -0.492 e. The number of ether oxygens (including phenoxy) is 2. The minimum atomic E-state index is -4.15. The Balaban J connectivity index is 3.04. The largest absolute Gasteiger partial charge is 0.492 e.